The minimum Gasteiger partial charge on any atom is -0.508 e. The molecule has 198 valence electrons. The van der Waals surface area contributed by atoms with Gasteiger partial charge in [0.15, 0.2) is 0 Å². The van der Waals surface area contributed by atoms with Gasteiger partial charge in [-0.15, -0.1) is 0 Å². The van der Waals surface area contributed by atoms with Gasteiger partial charge in [0.1, 0.15) is 23.4 Å². The molecule has 3 atom stereocenters. The van der Waals surface area contributed by atoms with Gasteiger partial charge < -0.3 is 25.4 Å². The third-order valence-electron chi connectivity index (χ3n) is 5.53. The number of ether oxygens (including phenoxy) is 1. The molecule has 1 aromatic rings. The van der Waals surface area contributed by atoms with E-state index in [1.807, 2.05) is 27.7 Å². The lowest BCUT2D eigenvalue weighted by molar-refractivity contribution is -0.142. The molecule has 0 heterocycles. The molecule has 8 nitrogen and oxygen atoms in total. The normalized spacial score (nSPS) is 14.1. The number of phenolic OH excluding ortho intramolecular Hbond substituents is 1. The lowest BCUT2D eigenvalue weighted by atomic mass is 9.98. The Balaban J connectivity index is 3.40. The van der Waals surface area contributed by atoms with E-state index < -0.39 is 23.8 Å². The highest BCUT2D eigenvalue weighted by Gasteiger charge is 2.36. The van der Waals surface area contributed by atoms with Crippen molar-refractivity contribution >= 4 is 17.9 Å². The van der Waals surface area contributed by atoms with Crippen molar-refractivity contribution in [2.24, 2.45) is 5.92 Å². The second-order valence-corrected chi connectivity index (χ2v) is 10.6. The second kappa shape index (κ2) is 13.4. The Labute approximate surface area is 210 Å². The molecule has 0 aliphatic rings. The molecule has 3 unspecified atom stereocenters. The van der Waals surface area contributed by atoms with Gasteiger partial charge in [-0.25, -0.2) is 4.79 Å². The highest BCUT2D eigenvalue weighted by atomic mass is 16.6. The maximum Gasteiger partial charge on any atom is 0.408 e. The molecule has 0 spiro atoms. The smallest absolute Gasteiger partial charge is 0.408 e. The first-order valence-electron chi connectivity index (χ1n) is 12.6. The van der Waals surface area contributed by atoms with Crippen LogP contribution >= 0.6 is 0 Å². The maximum absolute atomic E-state index is 13.8. The molecule has 0 aliphatic heterocycles. The van der Waals surface area contributed by atoms with Crippen LogP contribution in [-0.4, -0.2) is 52.1 Å². The van der Waals surface area contributed by atoms with Gasteiger partial charge in [0, 0.05) is 12.6 Å². The number of nitrogens with one attached hydrogen (secondary N) is 2. The third kappa shape index (κ3) is 9.78. The quantitative estimate of drug-likeness (QED) is 0.411. The van der Waals surface area contributed by atoms with E-state index in [1.165, 1.54) is 11.0 Å². The Morgan fingerprint density at radius 1 is 1.09 bits per heavy atom. The van der Waals surface area contributed by atoms with Crippen molar-refractivity contribution in [3.63, 3.8) is 0 Å². The number of nitrogens with zero attached hydrogens (tertiary/aromatic N) is 1. The predicted octanol–water partition coefficient (Wildman–Crippen LogP) is 4.83. The number of alkyl carbamates (subject to hydrolysis) is 1. The summed E-state index contributed by atoms with van der Waals surface area (Å²) in [5, 5.41) is 15.8. The van der Waals surface area contributed by atoms with Crippen molar-refractivity contribution in [3.8, 4) is 5.75 Å². The van der Waals surface area contributed by atoms with Gasteiger partial charge in [0.05, 0.1) is 0 Å². The number of phenols is 1. The molecule has 1 rings (SSSR count). The van der Waals surface area contributed by atoms with E-state index in [1.54, 1.807) is 46.8 Å². The average molecular weight is 492 g/mol. The molecule has 0 saturated carbocycles. The summed E-state index contributed by atoms with van der Waals surface area (Å²) in [6, 6.07) is 3.08. The topological polar surface area (TPSA) is 108 Å². The van der Waals surface area contributed by atoms with Gasteiger partial charge in [0.2, 0.25) is 11.8 Å². The van der Waals surface area contributed by atoms with Gasteiger partial charge in [-0.2, -0.15) is 0 Å². The summed E-state index contributed by atoms with van der Waals surface area (Å²) in [5.41, 5.74) is 0.495. The zero-order chi connectivity index (χ0) is 26.9. The Kier molecular flexibility index (Phi) is 11.5. The second-order valence-electron chi connectivity index (χ2n) is 10.6. The van der Waals surface area contributed by atoms with Crippen molar-refractivity contribution < 1.29 is 24.2 Å². The fourth-order valence-electron chi connectivity index (χ4n) is 3.96. The van der Waals surface area contributed by atoms with Gasteiger partial charge >= 0.3 is 6.09 Å². The lowest BCUT2D eigenvalue weighted by Gasteiger charge is -2.35. The molecule has 0 aliphatic carbocycles. The monoisotopic (exact) mass is 491 g/mol. The molecule has 0 aromatic heterocycles. The molecule has 1 aromatic carbocycles. The van der Waals surface area contributed by atoms with Crippen LogP contribution < -0.4 is 10.6 Å². The highest BCUT2D eigenvalue weighted by Crippen LogP contribution is 2.28. The number of likely N-dealkylation sites (N-methyl/N-ethyl adjacent to an activating group) is 1. The Bertz CT molecular complexity index is 863. The van der Waals surface area contributed by atoms with Crippen molar-refractivity contribution in [2.45, 2.75) is 105 Å². The van der Waals surface area contributed by atoms with Crippen molar-refractivity contribution in [1.82, 2.24) is 15.5 Å². The standard InChI is InChI=1S/C27H45N3O5/c1-10-12-19(6)28-24(32)23(20-13-14-22(31)18(5)16-20)30(11-2)25(33)21(15-17(3)4)29-26(34)35-27(7,8)9/h13-14,16-17,19,21,23,31H,10-12,15H2,1-9H3,(H,28,32)(H,29,34). The van der Waals surface area contributed by atoms with Crippen LogP contribution in [0.5, 0.6) is 5.75 Å². The van der Waals surface area contributed by atoms with Crippen LogP contribution in [-0.2, 0) is 14.3 Å². The van der Waals surface area contributed by atoms with E-state index in [0.29, 0.717) is 17.5 Å². The number of amides is 3. The number of hydrogen-bond acceptors (Lipinski definition) is 5. The van der Waals surface area contributed by atoms with Gasteiger partial charge in [-0.05, 0) is 83.6 Å². The van der Waals surface area contributed by atoms with Gasteiger partial charge in [0.25, 0.3) is 0 Å². The molecule has 0 saturated heterocycles. The number of carbonyl (C=O) groups is 3. The van der Waals surface area contributed by atoms with E-state index in [4.69, 9.17) is 4.74 Å². The fraction of sp³-hybridized carbons (Fsp3) is 0.667. The Morgan fingerprint density at radius 3 is 2.20 bits per heavy atom. The van der Waals surface area contributed by atoms with Crippen molar-refractivity contribution in [2.75, 3.05) is 6.54 Å². The van der Waals surface area contributed by atoms with Crippen LogP contribution in [0, 0.1) is 12.8 Å². The zero-order valence-electron chi connectivity index (χ0n) is 22.9. The molecular weight excluding hydrogens is 446 g/mol. The molecule has 0 fully saturated rings. The molecular formula is C27H45N3O5. The van der Waals surface area contributed by atoms with Crippen LogP contribution in [0.4, 0.5) is 4.79 Å². The average Bonchev–Trinajstić information content (AvgIpc) is 2.71. The van der Waals surface area contributed by atoms with E-state index in [2.05, 4.69) is 10.6 Å². The van der Waals surface area contributed by atoms with Crippen molar-refractivity contribution in [3.05, 3.63) is 29.3 Å². The number of aryl methyl sites for hydroxylation is 1. The predicted molar refractivity (Wildman–Crippen MR) is 138 cm³/mol. The Hall–Kier alpha value is -2.77. The summed E-state index contributed by atoms with van der Waals surface area (Å²) < 4.78 is 5.39. The zero-order valence-corrected chi connectivity index (χ0v) is 22.9. The number of benzene rings is 1. The first-order chi connectivity index (χ1) is 16.2. The lowest BCUT2D eigenvalue weighted by Crippen LogP contribution is -2.53. The Morgan fingerprint density at radius 2 is 1.71 bits per heavy atom. The van der Waals surface area contributed by atoms with E-state index in [9.17, 15) is 19.5 Å². The maximum atomic E-state index is 13.8. The highest BCUT2D eigenvalue weighted by molar-refractivity contribution is 5.92. The summed E-state index contributed by atoms with van der Waals surface area (Å²) in [6.45, 7) is 17.0. The first kappa shape index (κ1) is 30.3. The summed E-state index contributed by atoms with van der Waals surface area (Å²) >= 11 is 0. The summed E-state index contributed by atoms with van der Waals surface area (Å²) in [7, 11) is 0. The van der Waals surface area contributed by atoms with Crippen LogP contribution in [0.15, 0.2) is 18.2 Å². The SMILES string of the molecule is CCCC(C)NC(=O)C(c1ccc(O)c(C)c1)N(CC)C(=O)C(CC(C)C)NC(=O)OC(C)(C)C. The minimum absolute atomic E-state index is 0.0617. The number of aromatic hydroxyl groups is 1. The van der Waals surface area contributed by atoms with Gasteiger partial charge in [-0.3, -0.25) is 9.59 Å². The number of rotatable bonds is 11. The van der Waals surface area contributed by atoms with E-state index in [0.717, 1.165) is 12.8 Å². The largest absolute Gasteiger partial charge is 0.508 e. The molecule has 3 N–H and O–H groups in total. The van der Waals surface area contributed by atoms with E-state index >= 15 is 0 Å². The van der Waals surface area contributed by atoms with Crippen LogP contribution in [0.25, 0.3) is 0 Å². The van der Waals surface area contributed by atoms with Crippen LogP contribution in [0.2, 0.25) is 0 Å². The van der Waals surface area contributed by atoms with E-state index in [-0.39, 0.29) is 36.1 Å². The molecule has 0 radical (unpaired) electrons. The summed E-state index contributed by atoms with van der Waals surface area (Å²) in [6.07, 6.45) is 1.44. The molecule has 35 heavy (non-hydrogen) atoms. The summed E-state index contributed by atoms with van der Waals surface area (Å²) in [5.74, 6) is -0.427. The molecule has 8 heteroatoms. The van der Waals surface area contributed by atoms with Gasteiger partial charge in [-0.1, -0.05) is 33.3 Å². The number of hydrogen-bond donors (Lipinski definition) is 3. The fourth-order valence-corrected chi connectivity index (χ4v) is 3.96. The molecule has 0 bridgehead atoms. The van der Waals surface area contributed by atoms with Crippen LogP contribution in [0.3, 0.4) is 0 Å². The molecule has 3 amide bonds. The van der Waals surface area contributed by atoms with Crippen LogP contribution in [0.1, 0.15) is 91.8 Å². The van der Waals surface area contributed by atoms with Crippen molar-refractivity contribution in [1.29, 1.82) is 0 Å². The third-order valence-corrected chi connectivity index (χ3v) is 5.53. The minimum atomic E-state index is -0.916. The number of carbonyl (C=O) groups excluding carboxylic acids is 3. The summed E-state index contributed by atoms with van der Waals surface area (Å²) in [4.78, 5) is 41.3. The first-order valence-corrected chi connectivity index (χ1v) is 12.6.